The fraction of sp³-hybridized carbons (Fsp3) is 0.588. The maximum Gasteiger partial charge on any atom is 0.231 e. The first-order valence-electron chi connectivity index (χ1n) is 7.95. The summed E-state index contributed by atoms with van der Waals surface area (Å²) >= 11 is 0. The summed E-state index contributed by atoms with van der Waals surface area (Å²) in [6, 6.07) is 5.40. The number of nitrogens with one attached hydrogen (secondary N) is 2. The van der Waals surface area contributed by atoms with Crippen LogP contribution >= 0.6 is 0 Å². The van der Waals surface area contributed by atoms with E-state index in [1.165, 1.54) is 0 Å². The minimum atomic E-state index is -0.346. The van der Waals surface area contributed by atoms with Crippen molar-refractivity contribution in [1.29, 1.82) is 0 Å². The van der Waals surface area contributed by atoms with Crippen molar-refractivity contribution in [3.63, 3.8) is 0 Å². The average molecular weight is 290 g/mol. The standard InChI is InChI=1S/C17H26N2O2/c1-3-8-17(9-5-10-18-12-17)16(21)19-14-11-13(4-2)6-7-15(14)20/h6-7,11,18,20H,3-5,8-10,12H2,1-2H3,(H,19,21). The molecule has 1 saturated heterocycles. The largest absolute Gasteiger partial charge is 0.506 e. The molecule has 0 bridgehead atoms. The van der Waals surface area contributed by atoms with Crippen molar-refractivity contribution in [2.24, 2.45) is 5.41 Å². The second-order valence-electron chi connectivity index (χ2n) is 5.97. The first-order chi connectivity index (χ1) is 10.1. The molecule has 0 spiro atoms. The third-order valence-electron chi connectivity index (χ3n) is 4.40. The molecule has 0 saturated carbocycles. The Labute approximate surface area is 126 Å². The predicted octanol–water partition coefficient (Wildman–Crippen LogP) is 3.06. The Morgan fingerprint density at radius 1 is 1.43 bits per heavy atom. The number of carbonyl (C=O) groups is 1. The summed E-state index contributed by atoms with van der Waals surface area (Å²) in [5.41, 5.74) is 1.29. The topological polar surface area (TPSA) is 61.4 Å². The molecular weight excluding hydrogens is 264 g/mol. The van der Waals surface area contributed by atoms with Gasteiger partial charge in [0.1, 0.15) is 5.75 Å². The molecule has 1 amide bonds. The minimum absolute atomic E-state index is 0.0279. The summed E-state index contributed by atoms with van der Waals surface area (Å²) in [6.07, 6.45) is 4.67. The van der Waals surface area contributed by atoms with Gasteiger partial charge < -0.3 is 15.7 Å². The van der Waals surface area contributed by atoms with Crippen LogP contribution in [0.2, 0.25) is 0 Å². The summed E-state index contributed by atoms with van der Waals surface area (Å²) < 4.78 is 0. The zero-order valence-corrected chi connectivity index (χ0v) is 13.0. The van der Waals surface area contributed by atoms with E-state index in [0.717, 1.165) is 50.8 Å². The quantitative estimate of drug-likeness (QED) is 0.730. The molecule has 21 heavy (non-hydrogen) atoms. The van der Waals surface area contributed by atoms with Crippen molar-refractivity contribution < 1.29 is 9.90 Å². The van der Waals surface area contributed by atoms with Gasteiger partial charge in [-0.1, -0.05) is 26.3 Å². The van der Waals surface area contributed by atoms with E-state index in [4.69, 9.17) is 0 Å². The van der Waals surface area contributed by atoms with Gasteiger partial charge in [0.2, 0.25) is 5.91 Å². The zero-order chi connectivity index (χ0) is 15.3. The second-order valence-corrected chi connectivity index (χ2v) is 5.97. The van der Waals surface area contributed by atoms with E-state index in [1.807, 2.05) is 12.1 Å². The Morgan fingerprint density at radius 3 is 2.86 bits per heavy atom. The monoisotopic (exact) mass is 290 g/mol. The summed E-state index contributed by atoms with van der Waals surface area (Å²) in [5, 5.41) is 16.3. The number of aromatic hydroxyl groups is 1. The molecule has 1 aliphatic rings. The molecule has 116 valence electrons. The van der Waals surface area contributed by atoms with Crippen molar-refractivity contribution in [3.8, 4) is 5.75 Å². The lowest BCUT2D eigenvalue weighted by Crippen LogP contribution is -2.48. The maximum absolute atomic E-state index is 12.8. The van der Waals surface area contributed by atoms with Gasteiger partial charge in [-0.15, -0.1) is 0 Å². The van der Waals surface area contributed by atoms with Crippen LogP contribution in [0.4, 0.5) is 5.69 Å². The van der Waals surface area contributed by atoms with Crippen molar-refractivity contribution in [2.75, 3.05) is 18.4 Å². The van der Waals surface area contributed by atoms with Crippen LogP contribution in [-0.4, -0.2) is 24.1 Å². The van der Waals surface area contributed by atoms with Crippen LogP contribution in [0.5, 0.6) is 5.75 Å². The van der Waals surface area contributed by atoms with Crippen LogP contribution in [0.15, 0.2) is 18.2 Å². The molecule has 1 unspecified atom stereocenters. The fourth-order valence-corrected chi connectivity index (χ4v) is 3.13. The third kappa shape index (κ3) is 3.56. The lowest BCUT2D eigenvalue weighted by atomic mass is 9.76. The zero-order valence-electron chi connectivity index (χ0n) is 13.0. The number of carbonyl (C=O) groups excluding carboxylic acids is 1. The number of aryl methyl sites for hydroxylation is 1. The number of phenols is 1. The van der Waals surface area contributed by atoms with Crippen LogP contribution in [0.25, 0.3) is 0 Å². The Bertz CT molecular complexity index is 488. The summed E-state index contributed by atoms with van der Waals surface area (Å²) in [5.74, 6) is 0.163. The molecule has 3 N–H and O–H groups in total. The highest BCUT2D eigenvalue weighted by molar-refractivity contribution is 5.96. The molecule has 2 rings (SSSR count). The predicted molar refractivity (Wildman–Crippen MR) is 85.6 cm³/mol. The molecule has 1 fully saturated rings. The van der Waals surface area contributed by atoms with Gasteiger partial charge in [-0.05, 0) is 49.9 Å². The number of benzene rings is 1. The number of hydrogen-bond donors (Lipinski definition) is 3. The van der Waals surface area contributed by atoms with Crippen LogP contribution < -0.4 is 10.6 Å². The van der Waals surface area contributed by atoms with Crippen LogP contribution in [0, 0.1) is 5.41 Å². The average Bonchev–Trinajstić information content (AvgIpc) is 2.50. The lowest BCUT2D eigenvalue weighted by Gasteiger charge is -2.36. The molecule has 1 heterocycles. The number of hydrogen-bond acceptors (Lipinski definition) is 3. The summed E-state index contributed by atoms with van der Waals surface area (Å²) in [7, 11) is 0. The number of rotatable bonds is 5. The Hall–Kier alpha value is -1.55. The maximum atomic E-state index is 12.8. The molecular formula is C17H26N2O2. The smallest absolute Gasteiger partial charge is 0.231 e. The van der Waals surface area contributed by atoms with Gasteiger partial charge in [-0.25, -0.2) is 0 Å². The first-order valence-corrected chi connectivity index (χ1v) is 7.95. The van der Waals surface area contributed by atoms with E-state index in [2.05, 4.69) is 24.5 Å². The molecule has 1 aromatic rings. The second kappa shape index (κ2) is 6.94. The van der Waals surface area contributed by atoms with Gasteiger partial charge in [-0.3, -0.25) is 4.79 Å². The van der Waals surface area contributed by atoms with Gasteiger partial charge in [0.15, 0.2) is 0 Å². The molecule has 1 atom stereocenters. The number of piperidine rings is 1. The molecule has 0 radical (unpaired) electrons. The van der Waals surface area contributed by atoms with Gasteiger partial charge in [0.05, 0.1) is 11.1 Å². The number of anilines is 1. The van der Waals surface area contributed by atoms with Gasteiger partial charge in [0.25, 0.3) is 0 Å². The normalized spacial score (nSPS) is 22.0. The highest BCUT2D eigenvalue weighted by Gasteiger charge is 2.38. The SMILES string of the molecule is CCCC1(C(=O)Nc2cc(CC)ccc2O)CCCNC1. The fourth-order valence-electron chi connectivity index (χ4n) is 3.13. The van der Waals surface area contributed by atoms with Crippen LogP contribution in [-0.2, 0) is 11.2 Å². The molecule has 1 aromatic carbocycles. The molecule has 4 nitrogen and oxygen atoms in total. The Kier molecular flexibility index (Phi) is 5.23. The van der Waals surface area contributed by atoms with E-state index in [0.29, 0.717) is 5.69 Å². The van der Waals surface area contributed by atoms with E-state index in [9.17, 15) is 9.90 Å². The highest BCUT2D eigenvalue weighted by Crippen LogP contribution is 2.34. The first kappa shape index (κ1) is 15.8. The number of amides is 1. The van der Waals surface area contributed by atoms with E-state index in [-0.39, 0.29) is 17.1 Å². The van der Waals surface area contributed by atoms with Gasteiger partial charge in [0, 0.05) is 6.54 Å². The molecule has 1 aliphatic heterocycles. The summed E-state index contributed by atoms with van der Waals surface area (Å²) in [6.45, 7) is 5.87. The Balaban J connectivity index is 2.18. The summed E-state index contributed by atoms with van der Waals surface area (Å²) in [4.78, 5) is 12.8. The van der Waals surface area contributed by atoms with Gasteiger partial charge >= 0.3 is 0 Å². The van der Waals surface area contributed by atoms with Crippen molar-refractivity contribution >= 4 is 11.6 Å². The third-order valence-corrected chi connectivity index (χ3v) is 4.40. The highest BCUT2D eigenvalue weighted by atomic mass is 16.3. The molecule has 4 heteroatoms. The molecule has 0 aromatic heterocycles. The van der Waals surface area contributed by atoms with Gasteiger partial charge in [-0.2, -0.15) is 0 Å². The van der Waals surface area contributed by atoms with Crippen molar-refractivity contribution in [2.45, 2.75) is 46.0 Å². The van der Waals surface area contributed by atoms with Crippen molar-refractivity contribution in [3.05, 3.63) is 23.8 Å². The van der Waals surface area contributed by atoms with Crippen molar-refractivity contribution in [1.82, 2.24) is 5.32 Å². The lowest BCUT2D eigenvalue weighted by molar-refractivity contribution is -0.127. The molecule has 0 aliphatic carbocycles. The van der Waals surface area contributed by atoms with Crippen LogP contribution in [0.1, 0.15) is 45.1 Å². The van der Waals surface area contributed by atoms with Crippen LogP contribution in [0.3, 0.4) is 0 Å². The van der Waals surface area contributed by atoms with E-state index < -0.39 is 0 Å². The number of phenolic OH excluding ortho intramolecular Hbond substituents is 1. The Morgan fingerprint density at radius 2 is 2.24 bits per heavy atom. The minimum Gasteiger partial charge on any atom is -0.506 e. The van der Waals surface area contributed by atoms with E-state index in [1.54, 1.807) is 6.07 Å². The van der Waals surface area contributed by atoms with E-state index >= 15 is 0 Å².